The predicted molar refractivity (Wildman–Crippen MR) is 205 cm³/mol. The third-order valence-corrected chi connectivity index (χ3v) is 12.6. The van der Waals surface area contributed by atoms with E-state index in [-0.39, 0.29) is 29.5 Å². The van der Waals surface area contributed by atoms with Gasteiger partial charge in [0.25, 0.3) is 0 Å². The van der Waals surface area contributed by atoms with Gasteiger partial charge >= 0.3 is 0 Å². The highest BCUT2D eigenvalue weighted by Gasteiger charge is 2.38. The fourth-order valence-electron chi connectivity index (χ4n) is 9.66. The Morgan fingerprint density at radius 1 is 0.907 bits per heavy atom. The van der Waals surface area contributed by atoms with Crippen LogP contribution in [0.2, 0.25) is 0 Å². The number of nitrogens with zero attached hydrogens (tertiary/aromatic N) is 4. The van der Waals surface area contributed by atoms with Crippen molar-refractivity contribution in [3.05, 3.63) is 106 Å². The number of hydrogen-bond acceptors (Lipinski definition) is 9. The number of rotatable bonds is 6. The van der Waals surface area contributed by atoms with Crippen LogP contribution < -0.4 is 31.1 Å². The van der Waals surface area contributed by atoms with Crippen molar-refractivity contribution in [3.63, 3.8) is 0 Å². The minimum Gasteiger partial charge on any atom is -0.508 e. The Labute approximate surface area is 314 Å². The van der Waals surface area contributed by atoms with E-state index in [1.54, 1.807) is 6.07 Å². The molecule has 54 heavy (non-hydrogen) atoms. The van der Waals surface area contributed by atoms with Crippen LogP contribution >= 0.6 is 0 Å². The number of para-hydroxylation sites is 2. The van der Waals surface area contributed by atoms with E-state index in [1.807, 2.05) is 43.5 Å². The third-order valence-electron chi connectivity index (χ3n) is 12.6. The molecule has 2 saturated heterocycles. The number of anilines is 1. The number of nitrogens with one attached hydrogen (secondary N) is 2. The zero-order valence-electron chi connectivity index (χ0n) is 30.7. The average molecular weight is 729 g/mol. The summed E-state index contributed by atoms with van der Waals surface area (Å²) >= 11 is 0. The number of carbonyl (C=O) groups is 2. The maximum Gasteiger partial charge on any atom is 0.249 e. The molecule has 4 atom stereocenters. The topological polar surface area (TPSA) is 132 Å². The smallest absolute Gasteiger partial charge is 0.249 e. The fourth-order valence-corrected chi connectivity index (χ4v) is 9.66. The molecule has 4 N–H and O–H groups in total. The molecule has 9 rings (SSSR count). The Bertz CT molecular complexity index is 2190. The van der Waals surface area contributed by atoms with Crippen LogP contribution in [0.1, 0.15) is 80.4 Å². The lowest BCUT2D eigenvalue weighted by atomic mass is 9.79. The summed E-state index contributed by atoms with van der Waals surface area (Å²) in [6.45, 7) is 4.80. The van der Waals surface area contributed by atoms with Crippen molar-refractivity contribution >= 4 is 23.6 Å². The van der Waals surface area contributed by atoms with Crippen LogP contribution in [0.3, 0.4) is 0 Å². The number of β-amino-alcohol motifs (C(OH)–C–C–N with tert-alkyl or cyclic N) is 1. The summed E-state index contributed by atoms with van der Waals surface area (Å²) in [5.74, 6) is 1.17. The molecule has 5 heterocycles. The minimum atomic E-state index is -0.664. The maximum absolute atomic E-state index is 12.7. The first kappa shape index (κ1) is 34.6. The summed E-state index contributed by atoms with van der Waals surface area (Å²) in [6.07, 6.45) is 9.74. The van der Waals surface area contributed by atoms with Crippen LogP contribution in [-0.4, -0.2) is 75.9 Å². The van der Waals surface area contributed by atoms with E-state index >= 15 is 0 Å². The lowest BCUT2D eigenvalue weighted by Crippen LogP contribution is -2.54. The molecule has 1 saturated carbocycles. The molecule has 1 aliphatic carbocycles. The number of likely N-dealkylation sites (tertiary alicyclic amines) is 1. The van der Waals surface area contributed by atoms with Crippen molar-refractivity contribution < 1.29 is 24.5 Å². The molecular formula is C43H48N6O5. The number of piperidine rings is 2. The number of benzene rings is 3. The van der Waals surface area contributed by atoms with E-state index in [0.29, 0.717) is 44.5 Å². The second-order valence-corrected chi connectivity index (χ2v) is 15.8. The van der Waals surface area contributed by atoms with E-state index in [0.717, 1.165) is 77.6 Å². The summed E-state index contributed by atoms with van der Waals surface area (Å²) in [5.41, 5.74) is 7.69. The van der Waals surface area contributed by atoms with Crippen molar-refractivity contribution in [2.75, 3.05) is 31.1 Å². The van der Waals surface area contributed by atoms with Crippen LogP contribution in [0, 0.1) is 0 Å². The Balaban J connectivity index is 0.838. The molecule has 4 aromatic rings. The number of amides is 2. The zero-order chi connectivity index (χ0) is 37.0. The number of phenolic OH excluding ortho intramolecular Hbond substituents is 1. The Kier molecular flexibility index (Phi) is 8.94. The first-order chi connectivity index (χ1) is 26.3. The molecule has 11 nitrogen and oxygen atoms in total. The second kappa shape index (κ2) is 13.9. The number of aliphatic hydroxyl groups is 1. The number of aromatic nitrogens is 1. The van der Waals surface area contributed by atoms with Crippen LogP contribution in [0.25, 0.3) is 11.8 Å². The largest absolute Gasteiger partial charge is 0.508 e. The molecule has 0 bridgehead atoms. The quantitative estimate of drug-likeness (QED) is 0.220. The van der Waals surface area contributed by atoms with Gasteiger partial charge in [-0.05, 0) is 105 Å². The lowest BCUT2D eigenvalue weighted by molar-refractivity contribution is -0.134. The predicted octanol–water partition coefficient (Wildman–Crippen LogP) is 3.90. The van der Waals surface area contributed by atoms with Gasteiger partial charge in [-0.2, -0.15) is 5.10 Å². The summed E-state index contributed by atoms with van der Waals surface area (Å²) in [5, 5.41) is 31.0. The van der Waals surface area contributed by atoms with Gasteiger partial charge in [0.15, 0.2) is 0 Å². The number of hydrogen-bond donors (Lipinski definition) is 4. The van der Waals surface area contributed by atoms with Gasteiger partial charge in [-0.1, -0.05) is 42.5 Å². The molecule has 4 aliphatic heterocycles. The first-order valence-corrected chi connectivity index (χ1v) is 19.5. The first-order valence-electron chi connectivity index (χ1n) is 19.5. The fraction of sp³-hybridized carbons (Fsp3) is 0.419. The number of phenols is 1. The van der Waals surface area contributed by atoms with Gasteiger partial charge in [-0.15, -0.1) is 0 Å². The molecule has 4 unspecified atom stereocenters. The van der Waals surface area contributed by atoms with E-state index in [9.17, 15) is 19.8 Å². The second-order valence-electron chi connectivity index (χ2n) is 15.8. The highest BCUT2D eigenvalue weighted by Crippen LogP contribution is 2.45. The van der Waals surface area contributed by atoms with Crippen molar-refractivity contribution in [3.8, 4) is 17.2 Å². The zero-order valence-corrected chi connectivity index (χ0v) is 30.7. The summed E-state index contributed by atoms with van der Waals surface area (Å²) in [6, 6.07) is 24.3. The normalized spacial score (nSPS) is 28.4. The summed E-state index contributed by atoms with van der Waals surface area (Å²) < 4.78 is 8.40. The van der Waals surface area contributed by atoms with Gasteiger partial charge < -0.3 is 24.4 Å². The SMILES string of the molecule is CC1(c2ccccc2O)C=c2c(ccn2-c2ccc(C3CCN(C4CCC(c5cccc6c5OCCN6C5CCC(=O)NC5=O)CC4)CC3O)cc2)=NN1. The van der Waals surface area contributed by atoms with Crippen LogP contribution in [-0.2, 0) is 15.1 Å². The van der Waals surface area contributed by atoms with Gasteiger partial charge in [0, 0.05) is 42.4 Å². The highest BCUT2D eigenvalue weighted by atomic mass is 16.5. The molecule has 5 aliphatic rings. The number of ether oxygens (including phenoxy) is 1. The molecule has 280 valence electrons. The maximum atomic E-state index is 12.7. The third kappa shape index (κ3) is 6.22. The van der Waals surface area contributed by atoms with Gasteiger partial charge in [0.1, 0.15) is 35.0 Å². The molecule has 0 radical (unpaired) electrons. The molecular weight excluding hydrogens is 681 g/mol. The summed E-state index contributed by atoms with van der Waals surface area (Å²) in [7, 11) is 0. The molecule has 3 fully saturated rings. The average Bonchev–Trinajstić information content (AvgIpc) is 3.60. The highest BCUT2D eigenvalue weighted by molar-refractivity contribution is 6.02. The molecule has 11 heteroatoms. The van der Waals surface area contributed by atoms with E-state index in [4.69, 9.17) is 4.74 Å². The van der Waals surface area contributed by atoms with Gasteiger partial charge in [-0.3, -0.25) is 25.2 Å². The Morgan fingerprint density at radius 3 is 2.50 bits per heavy atom. The standard InChI is InChI=1S/C43H48N6O5/c1-43(33-6-2-3-8-38(33)50)25-37-34(45-46-43)20-22-48(37)30-15-11-27(12-16-30)31-19-21-47(26-39(31)51)29-13-9-28(10-14-29)32-5-4-7-35-41(32)54-24-23-49(35)36-17-18-40(52)44-42(36)53/h2-8,11-12,15-16,20,22,25,28-29,31,36,39,46,50-51H,9-10,13-14,17-19,21,23-24,26H2,1H3,(H,44,52,53). The molecule has 1 aromatic heterocycles. The Hall–Kier alpha value is -5.13. The van der Waals surface area contributed by atoms with Gasteiger partial charge in [0.2, 0.25) is 11.8 Å². The minimum absolute atomic E-state index is 0.0839. The van der Waals surface area contributed by atoms with Gasteiger partial charge in [-0.25, -0.2) is 0 Å². The Morgan fingerprint density at radius 2 is 1.72 bits per heavy atom. The van der Waals surface area contributed by atoms with E-state index in [1.165, 1.54) is 5.56 Å². The van der Waals surface area contributed by atoms with Crippen LogP contribution in [0.5, 0.6) is 11.5 Å². The molecule has 3 aromatic carbocycles. The summed E-state index contributed by atoms with van der Waals surface area (Å²) in [4.78, 5) is 29.1. The van der Waals surface area contributed by atoms with Crippen molar-refractivity contribution in [1.29, 1.82) is 0 Å². The van der Waals surface area contributed by atoms with Crippen molar-refractivity contribution in [1.82, 2.24) is 20.2 Å². The number of aromatic hydroxyl groups is 1. The van der Waals surface area contributed by atoms with Crippen LogP contribution in [0.4, 0.5) is 5.69 Å². The number of aliphatic hydroxyl groups excluding tert-OH is 1. The van der Waals surface area contributed by atoms with Crippen molar-refractivity contribution in [2.45, 2.75) is 87.4 Å². The van der Waals surface area contributed by atoms with Gasteiger partial charge in [0.05, 0.1) is 23.7 Å². The number of fused-ring (bicyclic) bond motifs is 2. The molecule has 2 amide bonds. The van der Waals surface area contributed by atoms with Crippen LogP contribution in [0.15, 0.2) is 84.1 Å². The number of imide groups is 1. The van der Waals surface area contributed by atoms with E-state index < -0.39 is 11.6 Å². The number of carbonyl (C=O) groups excluding carboxylic acids is 2. The van der Waals surface area contributed by atoms with Crippen molar-refractivity contribution in [2.24, 2.45) is 5.10 Å². The monoisotopic (exact) mass is 728 g/mol. The molecule has 0 spiro atoms. The lowest BCUT2D eigenvalue weighted by Gasteiger charge is -2.43. The van der Waals surface area contributed by atoms with E-state index in [2.05, 4.69) is 72.7 Å².